The smallest absolute Gasteiger partial charge is 0.336 e. The fourth-order valence-corrected chi connectivity index (χ4v) is 2.60. The summed E-state index contributed by atoms with van der Waals surface area (Å²) in [7, 11) is 1.25. The van der Waals surface area contributed by atoms with Crippen molar-refractivity contribution >= 4 is 23.5 Å². The van der Waals surface area contributed by atoms with Crippen LogP contribution in [0.4, 0.5) is 5.69 Å². The first-order valence-corrected chi connectivity index (χ1v) is 7.30. The van der Waals surface area contributed by atoms with Gasteiger partial charge in [-0.25, -0.2) is 4.79 Å². The minimum atomic E-state index is -0.865. The summed E-state index contributed by atoms with van der Waals surface area (Å²) in [6.45, 7) is 5.39. The molecule has 2 amide bonds. The average Bonchev–Trinajstić information content (AvgIpc) is 2.49. The first kappa shape index (κ1) is 16.7. The molecule has 1 aliphatic heterocycles. The Kier molecular flexibility index (Phi) is 4.83. The molecule has 0 bridgehead atoms. The van der Waals surface area contributed by atoms with Gasteiger partial charge in [0.05, 0.1) is 18.6 Å². The molecule has 0 radical (unpaired) electrons. The van der Waals surface area contributed by atoms with Crippen molar-refractivity contribution in [1.82, 2.24) is 5.32 Å². The van der Waals surface area contributed by atoms with E-state index in [4.69, 9.17) is 4.74 Å². The topological polar surface area (TPSA) is 84.5 Å². The van der Waals surface area contributed by atoms with Gasteiger partial charge in [0, 0.05) is 17.8 Å². The number of hydrogen-bond acceptors (Lipinski definition) is 4. The zero-order chi connectivity index (χ0) is 17.1. The molecule has 23 heavy (non-hydrogen) atoms. The van der Waals surface area contributed by atoms with Crippen molar-refractivity contribution in [2.45, 2.75) is 27.2 Å². The molecule has 0 fully saturated rings. The van der Waals surface area contributed by atoms with Crippen molar-refractivity contribution < 1.29 is 19.1 Å². The van der Waals surface area contributed by atoms with Gasteiger partial charge in [-0.1, -0.05) is 12.1 Å². The summed E-state index contributed by atoms with van der Waals surface area (Å²) in [6.07, 6.45) is -0.0849. The number of nitrogens with one attached hydrogen (secondary N) is 2. The summed E-state index contributed by atoms with van der Waals surface area (Å²) >= 11 is 0. The number of allylic oxidation sites excluding steroid dienone is 1. The normalized spacial score (nSPS) is 17.6. The summed E-state index contributed by atoms with van der Waals surface area (Å²) in [6, 6.07) is 5.70. The molecular weight excluding hydrogens is 296 g/mol. The van der Waals surface area contributed by atoms with E-state index in [0.717, 1.165) is 11.1 Å². The van der Waals surface area contributed by atoms with E-state index in [9.17, 15) is 14.4 Å². The lowest BCUT2D eigenvalue weighted by Gasteiger charge is -2.25. The highest BCUT2D eigenvalue weighted by Gasteiger charge is 2.36. The maximum Gasteiger partial charge on any atom is 0.336 e. The number of carbonyl (C=O) groups is 3. The van der Waals surface area contributed by atoms with E-state index in [-0.39, 0.29) is 17.9 Å². The number of rotatable bonds is 3. The van der Waals surface area contributed by atoms with Crippen LogP contribution >= 0.6 is 0 Å². The summed E-state index contributed by atoms with van der Waals surface area (Å²) in [5.74, 6) is -2.16. The zero-order valence-electron chi connectivity index (χ0n) is 13.6. The number of methoxy groups -OCH3 is 1. The molecule has 1 heterocycles. The van der Waals surface area contributed by atoms with E-state index in [1.54, 1.807) is 6.92 Å². The highest BCUT2D eigenvalue weighted by Crippen LogP contribution is 2.26. The predicted octanol–water partition coefficient (Wildman–Crippen LogP) is 1.83. The molecule has 1 aromatic rings. The molecule has 2 rings (SSSR count). The lowest BCUT2D eigenvalue weighted by Crippen LogP contribution is -2.40. The second kappa shape index (κ2) is 6.64. The van der Waals surface area contributed by atoms with Gasteiger partial charge in [0.15, 0.2) is 0 Å². The highest BCUT2D eigenvalue weighted by molar-refractivity contribution is 6.06. The van der Waals surface area contributed by atoms with E-state index in [1.165, 1.54) is 7.11 Å². The number of esters is 1. The van der Waals surface area contributed by atoms with Crippen LogP contribution in [0.1, 0.15) is 24.5 Å². The fraction of sp³-hybridized carbons (Fsp3) is 0.353. The SMILES string of the molecule is COC(=O)C1=C(C)NC(=O)C[C@@H]1C(=O)Nc1cc(C)ccc1C. The van der Waals surface area contributed by atoms with Crippen molar-refractivity contribution in [2.24, 2.45) is 5.92 Å². The third kappa shape index (κ3) is 3.59. The maximum absolute atomic E-state index is 12.6. The second-order valence-electron chi connectivity index (χ2n) is 5.64. The van der Waals surface area contributed by atoms with Gasteiger partial charge in [0.1, 0.15) is 0 Å². The van der Waals surface area contributed by atoms with Crippen molar-refractivity contribution in [3.8, 4) is 0 Å². The van der Waals surface area contributed by atoms with Crippen LogP contribution < -0.4 is 10.6 Å². The Labute approximate surface area is 134 Å². The Hall–Kier alpha value is -2.63. The van der Waals surface area contributed by atoms with Gasteiger partial charge in [0.25, 0.3) is 0 Å². The molecule has 0 spiro atoms. The number of benzene rings is 1. The minimum absolute atomic E-state index is 0.0849. The maximum atomic E-state index is 12.6. The average molecular weight is 316 g/mol. The highest BCUT2D eigenvalue weighted by atomic mass is 16.5. The van der Waals surface area contributed by atoms with E-state index < -0.39 is 17.8 Å². The molecule has 0 saturated heterocycles. The standard InChI is InChI=1S/C17H20N2O4/c1-9-5-6-10(2)13(7-9)19-16(21)12-8-14(20)18-11(3)15(12)17(22)23-4/h5-7,12H,8H2,1-4H3,(H,18,20)(H,19,21)/t12-/m0/s1. The number of ether oxygens (including phenoxy) is 1. The van der Waals surface area contributed by atoms with Crippen molar-refractivity contribution in [3.63, 3.8) is 0 Å². The molecule has 6 heteroatoms. The summed E-state index contributed by atoms with van der Waals surface area (Å²) in [5, 5.41) is 5.38. The van der Waals surface area contributed by atoms with E-state index in [1.807, 2.05) is 32.0 Å². The lowest BCUT2D eigenvalue weighted by molar-refractivity contribution is -0.139. The van der Waals surface area contributed by atoms with Crippen LogP contribution in [-0.4, -0.2) is 24.9 Å². The van der Waals surface area contributed by atoms with Gasteiger partial charge in [0.2, 0.25) is 11.8 Å². The molecule has 1 atom stereocenters. The Bertz CT molecular complexity index is 707. The summed E-state index contributed by atoms with van der Waals surface area (Å²) in [5.41, 5.74) is 3.13. The zero-order valence-corrected chi connectivity index (χ0v) is 13.6. The Morgan fingerprint density at radius 1 is 1.26 bits per heavy atom. The molecule has 0 aromatic heterocycles. The van der Waals surface area contributed by atoms with Gasteiger partial charge in [-0.05, 0) is 38.0 Å². The number of amides is 2. The van der Waals surface area contributed by atoms with E-state index in [2.05, 4.69) is 10.6 Å². The van der Waals surface area contributed by atoms with Crippen LogP contribution in [0.2, 0.25) is 0 Å². The Morgan fingerprint density at radius 2 is 1.96 bits per heavy atom. The molecule has 122 valence electrons. The fourth-order valence-electron chi connectivity index (χ4n) is 2.60. The van der Waals surface area contributed by atoms with E-state index in [0.29, 0.717) is 11.4 Å². The van der Waals surface area contributed by atoms with Crippen molar-refractivity contribution in [2.75, 3.05) is 12.4 Å². The monoisotopic (exact) mass is 316 g/mol. The third-order valence-corrected chi connectivity index (χ3v) is 3.84. The Balaban J connectivity index is 2.32. The third-order valence-electron chi connectivity index (χ3n) is 3.84. The minimum Gasteiger partial charge on any atom is -0.466 e. The van der Waals surface area contributed by atoms with Crippen molar-refractivity contribution in [3.05, 3.63) is 40.6 Å². The van der Waals surface area contributed by atoms with Crippen LogP contribution in [-0.2, 0) is 19.1 Å². The van der Waals surface area contributed by atoms with Crippen LogP contribution in [0, 0.1) is 19.8 Å². The van der Waals surface area contributed by atoms with Crippen LogP contribution in [0.15, 0.2) is 29.5 Å². The van der Waals surface area contributed by atoms with Gasteiger partial charge in [-0.2, -0.15) is 0 Å². The molecule has 0 aliphatic carbocycles. The Morgan fingerprint density at radius 3 is 2.61 bits per heavy atom. The second-order valence-corrected chi connectivity index (χ2v) is 5.64. The van der Waals surface area contributed by atoms with Gasteiger partial charge >= 0.3 is 5.97 Å². The lowest BCUT2D eigenvalue weighted by atomic mass is 9.89. The van der Waals surface area contributed by atoms with Crippen molar-refractivity contribution in [1.29, 1.82) is 0 Å². The van der Waals surface area contributed by atoms with Gasteiger partial charge < -0.3 is 15.4 Å². The van der Waals surface area contributed by atoms with Crippen LogP contribution in [0.25, 0.3) is 0 Å². The first-order valence-electron chi connectivity index (χ1n) is 7.30. The molecule has 1 aromatic carbocycles. The van der Waals surface area contributed by atoms with Crippen LogP contribution in [0.3, 0.4) is 0 Å². The van der Waals surface area contributed by atoms with Crippen LogP contribution in [0.5, 0.6) is 0 Å². The summed E-state index contributed by atoms with van der Waals surface area (Å²) < 4.78 is 4.74. The predicted molar refractivity (Wildman–Crippen MR) is 85.5 cm³/mol. The molecule has 2 N–H and O–H groups in total. The number of hydrogen-bond donors (Lipinski definition) is 2. The number of carbonyl (C=O) groups excluding carboxylic acids is 3. The number of anilines is 1. The molecular formula is C17H20N2O4. The molecule has 1 aliphatic rings. The van der Waals surface area contributed by atoms with Gasteiger partial charge in [-0.15, -0.1) is 0 Å². The molecule has 0 saturated carbocycles. The summed E-state index contributed by atoms with van der Waals surface area (Å²) in [4.78, 5) is 36.3. The largest absolute Gasteiger partial charge is 0.466 e. The quantitative estimate of drug-likeness (QED) is 0.833. The molecule has 6 nitrogen and oxygen atoms in total. The molecule has 0 unspecified atom stereocenters. The number of aryl methyl sites for hydroxylation is 2. The van der Waals surface area contributed by atoms with E-state index >= 15 is 0 Å². The first-order chi connectivity index (χ1) is 10.8. The van der Waals surface area contributed by atoms with Gasteiger partial charge in [-0.3, -0.25) is 9.59 Å².